The molecule has 9 heteroatoms. The number of ketones is 1. The lowest BCUT2D eigenvalue weighted by atomic mass is 10.0. The Balaban J connectivity index is 1.63. The summed E-state index contributed by atoms with van der Waals surface area (Å²) >= 11 is 0. The number of likely N-dealkylation sites (tertiary alicyclic amines) is 1. The van der Waals surface area contributed by atoms with Crippen LogP contribution >= 0.6 is 0 Å². The van der Waals surface area contributed by atoms with Crippen LogP contribution in [-0.2, 0) is 20.9 Å². The molecule has 1 unspecified atom stereocenters. The molecule has 1 atom stereocenters. The Labute approximate surface area is 167 Å². The number of hydrogen-bond donors (Lipinski definition) is 1. The molecule has 4 amide bonds. The summed E-state index contributed by atoms with van der Waals surface area (Å²) in [4.78, 5) is 64.1. The molecular weight excluding hydrogens is 378 g/mol. The zero-order chi connectivity index (χ0) is 20.7. The largest absolute Gasteiger partial charge is 0.496 e. The average molecular weight is 399 g/mol. The highest BCUT2D eigenvalue weighted by atomic mass is 16.5. The van der Waals surface area contributed by atoms with Gasteiger partial charge < -0.3 is 4.74 Å². The maximum absolute atomic E-state index is 13.1. The van der Waals surface area contributed by atoms with E-state index in [0.717, 1.165) is 10.5 Å². The topological polar surface area (TPSA) is 113 Å². The van der Waals surface area contributed by atoms with Crippen molar-refractivity contribution in [2.45, 2.75) is 38.3 Å². The lowest BCUT2D eigenvalue weighted by Crippen LogP contribution is -2.54. The van der Waals surface area contributed by atoms with Crippen LogP contribution < -0.4 is 10.1 Å². The molecular formula is C20H21N3O6. The summed E-state index contributed by atoms with van der Waals surface area (Å²) in [6, 6.07) is 2.31. The van der Waals surface area contributed by atoms with Crippen molar-refractivity contribution in [2.75, 3.05) is 20.2 Å². The number of carbonyl (C=O) groups excluding carboxylic acids is 5. The molecule has 152 valence electrons. The Hall–Kier alpha value is -3.07. The summed E-state index contributed by atoms with van der Waals surface area (Å²) in [6.45, 7) is 1.76. The summed E-state index contributed by atoms with van der Waals surface area (Å²) in [5, 5.41) is 2.18. The number of nitrogens with zero attached hydrogens (tertiary/aromatic N) is 2. The Morgan fingerprint density at radius 3 is 2.41 bits per heavy atom. The van der Waals surface area contributed by atoms with E-state index in [0.29, 0.717) is 38.2 Å². The minimum Gasteiger partial charge on any atom is -0.496 e. The fraction of sp³-hybridized carbons (Fsp3) is 0.450. The smallest absolute Gasteiger partial charge is 0.266 e. The monoisotopic (exact) mass is 399 g/mol. The van der Waals surface area contributed by atoms with Crippen molar-refractivity contribution in [3.63, 3.8) is 0 Å². The predicted octanol–water partition coefficient (Wildman–Crippen LogP) is 0.261. The van der Waals surface area contributed by atoms with Gasteiger partial charge in [-0.3, -0.25) is 39.1 Å². The summed E-state index contributed by atoms with van der Waals surface area (Å²) in [5.41, 5.74) is 1.08. The van der Waals surface area contributed by atoms with Crippen molar-refractivity contribution in [1.82, 2.24) is 15.1 Å². The van der Waals surface area contributed by atoms with E-state index in [9.17, 15) is 24.0 Å². The molecule has 3 aliphatic rings. The molecule has 1 N–H and O–H groups in total. The number of rotatable bonds is 4. The number of fused-ring (bicyclic) bond motifs is 1. The summed E-state index contributed by atoms with van der Waals surface area (Å²) < 4.78 is 5.50. The minimum atomic E-state index is -1.01. The first-order valence-corrected chi connectivity index (χ1v) is 9.56. The number of amides is 4. The number of hydrogen-bond acceptors (Lipinski definition) is 7. The second-order valence-electron chi connectivity index (χ2n) is 7.44. The molecule has 0 spiro atoms. The molecule has 3 aliphatic heterocycles. The SMILES string of the molecule is COc1c(CN2CCC(=O)CC2)ccc2c1C(=O)N(C1CCC(=O)NC1=O)C2=O. The van der Waals surface area contributed by atoms with Gasteiger partial charge in [0, 0.05) is 44.5 Å². The van der Waals surface area contributed by atoms with Gasteiger partial charge in [0.2, 0.25) is 11.8 Å². The standard InChI is InChI=1S/C20H21N3O6/c1-29-17-11(10-22-8-6-12(24)7-9-22)2-3-13-16(17)20(28)23(19(13)27)14-4-5-15(25)21-18(14)26/h2-3,14H,4-10H2,1H3,(H,21,25,26). The molecule has 0 bridgehead atoms. The van der Waals surface area contributed by atoms with E-state index < -0.39 is 29.7 Å². The molecule has 0 radical (unpaired) electrons. The van der Waals surface area contributed by atoms with Crippen LogP contribution in [0.25, 0.3) is 0 Å². The lowest BCUT2D eigenvalue weighted by molar-refractivity contribution is -0.136. The first kappa shape index (κ1) is 19.3. The second-order valence-corrected chi connectivity index (χ2v) is 7.44. The van der Waals surface area contributed by atoms with Crippen molar-refractivity contribution < 1.29 is 28.7 Å². The van der Waals surface area contributed by atoms with E-state index in [2.05, 4.69) is 10.2 Å². The quantitative estimate of drug-likeness (QED) is 0.723. The first-order valence-electron chi connectivity index (χ1n) is 9.56. The highest BCUT2D eigenvalue weighted by Gasteiger charge is 2.46. The van der Waals surface area contributed by atoms with Gasteiger partial charge in [0.25, 0.3) is 11.8 Å². The van der Waals surface area contributed by atoms with E-state index in [1.807, 2.05) is 0 Å². The van der Waals surface area contributed by atoms with Crippen LogP contribution in [0.3, 0.4) is 0 Å². The number of ether oxygens (including phenoxy) is 1. The van der Waals surface area contributed by atoms with E-state index in [1.54, 1.807) is 12.1 Å². The number of Topliss-reactive ketones (excluding diaryl/α,β-unsaturated/α-hetero) is 1. The van der Waals surface area contributed by atoms with E-state index in [4.69, 9.17) is 4.74 Å². The molecule has 1 aromatic rings. The van der Waals surface area contributed by atoms with Gasteiger partial charge in [-0.25, -0.2) is 0 Å². The van der Waals surface area contributed by atoms with Crippen molar-refractivity contribution in [1.29, 1.82) is 0 Å². The average Bonchev–Trinajstić information content (AvgIpc) is 2.94. The predicted molar refractivity (Wildman–Crippen MR) is 99.2 cm³/mol. The van der Waals surface area contributed by atoms with Gasteiger partial charge >= 0.3 is 0 Å². The fourth-order valence-electron chi connectivity index (χ4n) is 4.13. The van der Waals surface area contributed by atoms with Crippen molar-refractivity contribution in [3.8, 4) is 5.75 Å². The highest BCUT2D eigenvalue weighted by Crippen LogP contribution is 2.36. The number of methoxy groups -OCH3 is 1. The van der Waals surface area contributed by atoms with Gasteiger partial charge in [0.15, 0.2) is 0 Å². The zero-order valence-electron chi connectivity index (χ0n) is 16.0. The zero-order valence-corrected chi connectivity index (χ0v) is 16.0. The Bertz CT molecular complexity index is 930. The van der Waals surface area contributed by atoms with Crippen LogP contribution in [-0.4, -0.2) is 65.5 Å². The third-order valence-corrected chi connectivity index (χ3v) is 5.65. The summed E-state index contributed by atoms with van der Waals surface area (Å²) in [5.74, 6) is -1.66. The molecule has 29 heavy (non-hydrogen) atoms. The van der Waals surface area contributed by atoms with E-state index in [-0.39, 0.29) is 29.8 Å². The molecule has 1 aromatic carbocycles. The van der Waals surface area contributed by atoms with E-state index in [1.165, 1.54) is 7.11 Å². The number of nitrogens with one attached hydrogen (secondary N) is 1. The molecule has 0 aliphatic carbocycles. The van der Waals surface area contributed by atoms with Crippen LogP contribution in [0, 0.1) is 0 Å². The van der Waals surface area contributed by atoms with Crippen LogP contribution in [0.4, 0.5) is 0 Å². The van der Waals surface area contributed by atoms with Crippen LogP contribution in [0.2, 0.25) is 0 Å². The van der Waals surface area contributed by atoms with Gasteiger partial charge in [0.05, 0.1) is 18.2 Å². The second kappa shape index (κ2) is 7.40. The number of benzene rings is 1. The number of imide groups is 2. The molecule has 2 fully saturated rings. The van der Waals surface area contributed by atoms with E-state index >= 15 is 0 Å². The lowest BCUT2D eigenvalue weighted by Gasteiger charge is -2.28. The van der Waals surface area contributed by atoms with Gasteiger partial charge in [-0.1, -0.05) is 6.07 Å². The fourth-order valence-corrected chi connectivity index (χ4v) is 4.13. The Kier molecular flexibility index (Phi) is 4.91. The third kappa shape index (κ3) is 3.31. The molecule has 3 heterocycles. The van der Waals surface area contributed by atoms with Crippen LogP contribution in [0.5, 0.6) is 5.75 Å². The molecule has 4 rings (SSSR count). The molecule has 0 aromatic heterocycles. The number of piperidine rings is 2. The molecule has 9 nitrogen and oxygen atoms in total. The Morgan fingerprint density at radius 1 is 1.03 bits per heavy atom. The van der Waals surface area contributed by atoms with Gasteiger partial charge in [-0.2, -0.15) is 0 Å². The maximum atomic E-state index is 13.1. The molecule has 2 saturated heterocycles. The van der Waals surface area contributed by atoms with Crippen molar-refractivity contribution >= 4 is 29.4 Å². The third-order valence-electron chi connectivity index (χ3n) is 5.65. The number of carbonyl (C=O) groups is 5. The van der Waals surface area contributed by atoms with Crippen molar-refractivity contribution in [2.24, 2.45) is 0 Å². The maximum Gasteiger partial charge on any atom is 0.266 e. The van der Waals surface area contributed by atoms with Crippen LogP contribution in [0.15, 0.2) is 12.1 Å². The van der Waals surface area contributed by atoms with Crippen LogP contribution in [0.1, 0.15) is 52.0 Å². The normalized spacial score (nSPS) is 22.7. The minimum absolute atomic E-state index is 0.0693. The Morgan fingerprint density at radius 2 is 1.76 bits per heavy atom. The summed E-state index contributed by atoms with van der Waals surface area (Å²) in [6.07, 6.45) is 1.16. The van der Waals surface area contributed by atoms with Gasteiger partial charge in [-0.05, 0) is 12.5 Å². The summed E-state index contributed by atoms with van der Waals surface area (Å²) in [7, 11) is 1.44. The first-order chi connectivity index (χ1) is 13.9. The highest BCUT2D eigenvalue weighted by molar-refractivity contribution is 6.24. The molecule has 0 saturated carbocycles. The van der Waals surface area contributed by atoms with Crippen molar-refractivity contribution in [3.05, 3.63) is 28.8 Å². The van der Waals surface area contributed by atoms with Gasteiger partial charge in [0.1, 0.15) is 17.6 Å². The van der Waals surface area contributed by atoms with Gasteiger partial charge in [-0.15, -0.1) is 0 Å².